The predicted octanol–water partition coefficient (Wildman–Crippen LogP) is 1.87. The third-order valence-electron chi connectivity index (χ3n) is 2.07. The van der Waals surface area contributed by atoms with Crippen molar-refractivity contribution in [1.29, 1.82) is 0 Å². The van der Waals surface area contributed by atoms with Crippen LogP contribution in [0.3, 0.4) is 0 Å². The first-order valence-corrected chi connectivity index (χ1v) is 5.41. The lowest BCUT2D eigenvalue weighted by molar-refractivity contribution is 0.607. The molecule has 0 radical (unpaired) electrons. The molecule has 0 spiro atoms. The van der Waals surface area contributed by atoms with E-state index in [1.807, 2.05) is 11.6 Å². The lowest BCUT2D eigenvalue weighted by Gasteiger charge is -2.03. The zero-order chi connectivity index (χ0) is 9.84. The van der Waals surface area contributed by atoms with Crippen LogP contribution in [0.15, 0.2) is 4.47 Å². The Bertz CT molecular complexity index is 281. The quantitative estimate of drug-likeness (QED) is 0.881. The molecule has 0 fully saturated rings. The molecule has 74 valence electrons. The van der Waals surface area contributed by atoms with Crippen molar-refractivity contribution in [3.05, 3.63) is 15.9 Å². The molecule has 2 N–H and O–H groups in total. The van der Waals surface area contributed by atoms with E-state index < -0.39 is 0 Å². The van der Waals surface area contributed by atoms with Crippen molar-refractivity contribution in [3.8, 4) is 0 Å². The van der Waals surface area contributed by atoms with E-state index >= 15 is 0 Å². The smallest absolute Gasteiger partial charge is 0.0738 e. The summed E-state index contributed by atoms with van der Waals surface area (Å²) in [6.45, 7) is 5.78. The molecular formula is C9H16BrN3. The Morgan fingerprint density at radius 2 is 2.23 bits per heavy atom. The summed E-state index contributed by atoms with van der Waals surface area (Å²) in [6.07, 6.45) is 2.02. The molecule has 1 rings (SSSR count). The molecule has 3 nitrogen and oxygen atoms in total. The first kappa shape index (κ1) is 10.7. The van der Waals surface area contributed by atoms with Gasteiger partial charge in [-0.3, -0.25) is 4.68 Å². The van der Waals surface area contributed by atoms with Gasteiger partial charge >= 0.3 is 0 Å². The number of aromatic nitrogens is 2. The molecule has 1 heterocycles. The minimum absolute atomic E-state index is 0.736. The van der Waals surface area contributed by atoms with E-state index in [1.54, 1.807) is 0 Å². The molecule has 0 aliphatic heterocycles. The molecule has 0 amide bonds. The van der Waals surface area contributed by atoms with E-state index in [-0.39, 0.29) is 0 Å². The predicted molar refractivity (Wildman–Crippen MR) is 57.7 cm³/mol. The van der Waals surface area contributed by atoms with Gasteiger partial charge in [-0.2, -0.15) is 5.10 Å². The Balaban J connectivity index is 2.88. The first-order chi connectivity index (χ1) is 6.20. The van der Waals surface area contributed by atoms with Crippen LogP contribution in [0.25, 0.3) is 0 Å². The van der Waals surface area contributed by atoms with Gasteiger partial charge in [0, 0.05) is 6.54 Å². The van der Waals surface area contributed by atoms with E-state index in [4.69, 9.17) is 5.73 Å². The van der Waals surface area contributed by atoms with Gasteiger partial charge < -0.3 is 5.73 Å². The number of nitrogens with zero attached hydrogens (tertiary/aromatic N) is 2. The van der Waals surface area contributed by atoms with Crippen molar-refractivity contribution in [2.75, 3.05) is 6.54 Å². The largest absolute Gasteiger partial charge is 0.330 e. The molecule has 4 heteroatoms. The van der Waals surface area contributed by atoms with Crippen LogP contribution in [0.2, 0.25) is 0 Å². The first-order valence-electron chi connectivity index (χ1n) is 4.62. The molecule has 0 aliphatic rings. The number of nitrogens with two attached hydrogens (primary N) is 1. The lowest BCUT2D eigenvalue weighted by atomic mass is 10.2. The number of hydrogen-bond acceptors (Lipinski definition) is 2. The highest BCUT2D eigenvalue weighted by Crippen LogP contribution is 2.21. The van der Waals surface area contributed by atoms with Gasteiger partial charge in [0.2, 0.25) is 0 Å². The minimum atomic E-state index is 0.736. The summed E-state index contributed by atoms with van der Waals surface area (Å²) in [5.74, 6) is 0. The molecule has 0 aromatic carbocycles. The normalized spacial score (nSPS) is 10.8. The number of rotatable bonds is 4. The van der Waals surface area contributed by atoms with Crippen LogP contribution >= 0.6 is 15.9 Å². The summed E-state index contributed by atoms with van der Waals surface area (Å²) in [5, 5.41) is 4.41. The van der Waals surface area contributed by atoms with Crippen molar-refractivity contribution < 1.29 is 0 Å². The Kier molecular flexibility index (Phi) is 3.93. The van der Waals surface area contributed by atoms with E-state index in [0.717, 1.165) is 36.1 Å². The highest BCUT2D eigenvalue weighted by molar-refractivity contribution is 9.10. The Hall–Kier alpha value is -0.350. The second-order valence-corrected chi connectivity index (χ2v) is 3.85. The zero-order valence-electron chi connectivity index (χ0n) is 8.18. The molecular weight excluding hydrogens is 230 g/mol. The molecule has 0 saturated carbocycles. The number of halogens is 1. The summed E-state index contributed by atoms with van der Waals surface area (Å²) in [5.41, 5.74) is 7.81. The molecule has 1 aromatic rings. The maximum atomic E-state index is 5.48. The fourth-order valence-corrected chi connectivity index (χ4v) is 1.86. The topological polar surface area (TPSA) is 43.8 Å². The van der Waals surface area contributed by atoms with Crippen LogP contribution in [-0.4, -0.2) is 16.3 Å². The standard InChI is InChI=1S/C9H16BrN3/c1-3-13-8(5-4-6-11)9(10)7(2)12-13/h3-6,11H2,1-2H3. The molecule has 0 bridgehead atoms. The number of hydrogen-bond donors (Lipinski definition) is 1. The third kappa shape index (κ3) is 2.31. The monoisotopic (exact) mass is 245 g/mol. The van der Waals surface area contributed by atoms with Gasteiger partial charge in [0.15, 0.2) is 0 Å². The molecule has 13 heavy (non-hydrogen) atoms. The van der Waals surface area contributed by atoms with Gasteiger partial charge in [-0.15, -0.1) is 0 Å². The second-order valence-electron chi connectivity index (χ2n) is 3.05. The Morgan fingerprint density at radius 3 is 2.77 bits per heavy atom. The fraction of sp³-hybridized carbons (Fsp3) is 0.667. The Morgan fingerprint density at radius 1 is 1.54 bits per heavy atom. The zero-order valence-corrected chi connectivity index (χ0v) is 9.76. The Labute approximate surface area is 87.4 Å². The van der Waals surface area contributed by atoms with Gasteiger partial charge in [-0.1, -0.05) is 0 Å². The third-order valence-corrected chi connectivity index (χ3v) is 3.10. The second kappa shape index (κ2) is 4.77. The van der Waals surface area contributed by atoms with Gasteiger partial charge in [-0.05, 0) is 49.2 Å². The van der Waals surface area contributed by atoms with Crippen LogP contribution < -0.4 is 5.73 Å². The summed E-state index contributed by atoms with van der Waals surface area (Å²) in [6, 6.07) is 0. The van der Waals surface area contributed by atoms with E-state index in [2.05, 4.69) is 28.0 Å². The van der Waals surface area contributed by atoms with Crippen molar-refractivity contribution >= 4 is 15.9 Å². The van der Waals surface area contributed by atoms with Crippen LogP contribution in [-0.2, 0) is 13.0 Å². The van der Waals surface area contributed by atoms with Gasteiger partial charge in [0.05, 0.1) is 15.9 Å². The van der Waals surface area contributed by atoms with E-state index in [9.17, 15) is 0 Å². The van der Waals surface area contributed by atoms with Crippen molar-refractivity contribution in [3.63, 3.8) is 0 Å². The highest BCUT2D eigenvalue weighted by Gasteiger charge is 2.10. The molecule has 0 aliphatic carbocycles. The van der Waals surface area contributed by atoms with Crippen LogP contribution in [0.5, 0.6) is 0 Å². The average molecular weight is 246 g/mol. The molecule has 0 atom stereocenters. The summed E-state index contributed by atoms with van der Waals surface area (Å²) >= 11 is 3.55. The fourth-order valence-electron chi connectivity index (χ4n) is 1.38. The molecule has 1 aromatic heterocycles. The summed E-state index contributed by atoms with van der Waals surface area (Å²) < 4.78 is 3.18. The van der Waals surface area contributed by atoms with Crippen molar-refractivity contribution in [1.82, 2.24) is 9.78 Å². The van der Waals surface area contributed by atoms with Crippen LogP contribution in [0.1, 0.15) is 24.7 Å². The van der Waals surface area contributed by atoms with Crippen LogP contribution in [0, 0.1) is 6.92 Å². The number of aryl methyl sites for hydroxylation is 2. The summed E-state index contributed by atoms with van der Waals surface area (Å²) in [4.78, 5) is 0. The maximum Gasteiger partial charge on any atom is 0.0738 e. The molecule has 0 saturated heterocycles. The molecule has 0 unspecified atom stereocenters. The minimum Gasteiger partial charge on any atom is -0.330 e. The van der Waals surface area contributed by atoms with Crippen molar-refractivity contribution in [2.24, 2.45) is 5.73 Å². The van der Waals surface area contributed by atoms with Crippen LogP contribution in [0.4, 0.5) is 0 Å². The van der Waals surface area contributed by atoms with Gasteiger partial charge in [0.1, 0.15) is 0 Å². The van der Waals surface area contributed by atoms with E-state index in [0.29, 0.717) is 0 Å². The lowest BCUT2D eigenvalue weighted by Crippen LogP contribution is -2.06. The maximum absolute atomic E-state index is 5.48. The van der Waals surface area contributed by atoms with E-state index in [1.165, 1.54) is 5.69 Å². The van der Waals surface area contributed by atoms with Gasteiger partial charge in [0.25, 0.3) is 0 Å². The van der Waals surface area contributed by atoms with Gasteiger partial charge in [-0.25, -0.2) is 0 Å². The van der Waals surface area contributed by atoms with Crippen molar-refractivity contribution in [2.45, 2.75) is 33.2 Å². The summed E-state index contributed by atoms with van der Waals surface area (Å²) in [7, 11) is 0. The SMILES string of the molecule is CCn1nc(C)c(Br)c1CCCN. The highest BCUT2D eigenvalue weighted by atomic mass is 79.9. The average Bonchev–Trinajstić information content (AvgIpc) is 2.40.